The van der Waals surface area contributed by atoms with E-state index < -0.39 is 0 Å². The van der Waals surface area contributed by atoms with Crippen molar-refractivity contribution >= 4 is 40.0 Å². The van der Waals surface area contributed by atoms with Crippen molar-refractivity contribution in [3.05, 3.63) is 60.5 Å². The van der Waals surface area contributed by atoms with Crippen LogP contribution in [0.25, 0.3) is 0 Å². The summed E-state index contributed by atoms with van der Waals surface area (Å²) in [6, 6.07) is 0. The summed E-state index contributed by atoms with van der Waals surface area (Å²) in [4.78, 5) is 0. The molecule has 1 aliphatic rings. The van der Waals surface area contributed by atoms with Gasteiger partial charge in [0.1, 0.15) is 5.17 Å². The van der Waals surface area contributed by atoms with E-state index in [4.69, 9.17) is 34.8 Å². The number of allylic oxidation sites excluding steroid dienone is 7. The zero-order valence-corrected chi connectivity index (χ0v) is 16.0. The van der Waals surface area contributed by atoms with Crippen molar-refractivity contribution in [3.63, 3.8) is 0 Å². The Balaban J connectivity index is 0. The first-order chi connectivity index (χ1) is 11.0. The lowest BCUT2D eigenvalue weighted by Crippen LogP contribution is -2.17. The SMILES string of the molecule is C#CC.C/C=C\CCl.C=C1C=CC(Cl)=NN1C(=C\C)/C=C/CCl. The quantitative estimate of drug-likeness (QED) is 0.253. The van der Waals surface area contributed by atoms with Gasteiger partial charge < -0.3 is 0 Å². The van der Waals surface area contributed by atoms with Crippen LogP contribution in [0.5, 0.6) is 0 Å². The van der Waals surface area contributed by atoms with Gasteiger partial charge in [0, 0.05) is 11.8 Å². The number of alkyl halides is 2. The molecule has 0 unspecified atom stereocenters. The standard InChI is InChI=1S/C11H12Cl2N2.C4H7Cl.C3H4/c1-3-10(5-4-8-12)15-9(2)6-7-11(13)14-15;1-2-3-4-5;1-3-2/h3-7H,2,8H2,1H3;2-3H,4H2,1H3;1H,2H3/b5-4+,10-3-;3-2-;. The van der Waals surface area contributed by atoms with Crippen LogP contribution in [0, 0.1) is 12.3 Å². The minimum absolute atomic E-state index is 0.432. The average molecular weight is 374 g/mol. The van der Waals surface area contributed by atoms with E-state index in [1.54, 1.807) is 18.0 Å². The first-order valence-corrected chi connectivity index (χ1v) is 8.31. The van der Waals surface area contributed by atoms with Gasteiger partial charge in [-0.15, -0.1) is 35.5 Å². The van der Waals surface area contributed by atoms with Crippen LogP contribution in [0.15, 0.2) is 65.6 Å². The Bertz CT molecular complexity index is 521. The largest absolute Gasteiger partial charge is 0.233 e. The number of terminal acetylenes is 1. The van der Waals surface area contributed by atoms with Gasteiger partial charge in [-0.1, -0.05) is 42.5 Å². The fourth-order valence-electron chi connectivity index (χ4n) is 1.20. The lowest BCUT2D eigenvalue weighted by atomic mass is 10.3. The van der Waals surface area contributed by atoms with Gasteiger partial charge in [-0.3, -0.25) is 0 Å². The van der Waals surface area contributed by atoms with Crippen LogP contribution in [0.2, 0.25) is 0 Å². The Kier molecular flexibility index (Phi) is 17.6. The van der Waals surface area contributed by atoms with Gasteiger partial charge in [-0.2, -0.15) is 5.10 Å². The summed E-state index contributed by atoms with van der Waals surface area (Å²) in [5.74, 6) is 3.35. The lowest BCUT2D eigenvalue weighted by molar-refractivity contribution is 0.483. The third-order valence-corrected chi connectivity index (χ3v) is 2.68. The van der Waals surface area contributed by atoms with Crippen molar-refractivity contribution in [3.8, 4) is 12.3 Å². The van der Waals surface area contributed by atoms with E-state index in [1.807, 2.05) is 50.3 Å². The highest BCUT2D eigenvalue weighted by molar-refractivity contribution is 6.68. The molecule has 0 aromatic rings. The molecule has 0 saturated heterocycles. The first-order valence-electron chi connectivity index (χ1n) is 6.86. The Labute approximate surface area is 155 Å². The minimum Gasteiger partial charge on any atom is -0.233 e. The van der Waals surface area contributed by atoms with Crippen molar-refractivity contribution < 1.29 is 0 Å². The molecule has 0 atom stereocenters. The second-order valence-corrected chi connectivity index (χ2v) is 4.85. The highest BCUT2D eigenvalue weighted by Gasteiger charge is 2.11. The normalized spacial score (nSPS) is 14.0. The molecule has 23 heavy (non-hydrogen) atoms. The molecule has 5 heteroatoms. The maximum Gasteiger partial charge on any atom is 0.150 e. The summed E-state index contributed by atoms with van der Waals surface area (Å²) < 4.78 is 0. The van der Waals surface area contributed by atoms with Crippen LogP contribution in [-0.4, -0.2) is 21.9 Å². The Morgan fingerprint density at radius 3 is 2.26 bits per heavy atom. The van der Waals surface area contributed by atoms with Crippen molar-refractivity contribution in [1.29, 1.82) is 0 Å². The van der Waals surface area contributed by atoms with Gasteiger partial charge in [-0.05, 0) is 39.0 Å². The third-order valence-electron chi connectivity index (χ3n) is 2.12. The van der Waals surface area contributed by atoms with E-state index in [9.17, 15) is 0 Å². The molecule has 1 aliphatic heterocycles. The molecule has 0 aliphatic carbocycles. The summed E-state index contributed by atoms with van der Waals surface area (Å²) in [7, 11) is 0. The van der Waals surface area contributed by atoms with Crippen molar-refractivity contribution in [2.45, 2.75) is 20.8 Å². The predicted octanol–water partition coefficient (Wildman–Crippen LogP) is 6.06. The summed E-state index contributed by atoms with van der Waals surface area (Å²) in [6.07, 6.45) is 17.6. The minimum atomic E-state index is 0.432. The van der Waals surface area contributed by atoms with E-state index in [0.717, 1.165) is 11.4 Å². The Morgan fingerprint density at radius 2 is 1.87 bits per heavy atom. The molecule has 0 fully saturated rings. The molecule has 1 rings (SSSR count). The molecule has 126 valence electrons. The molecule has 1 heterocycles. The summed E-state index contributed by atoms with van der Waals surface area (Å²) in [5, 5.41) is 6.26. The smallest absolute Gasteiger partial charge is 0.150 e. The van der Waals surface area contributed by atoms with Gasteiger partial charge in [0.15, 0.2) is 0 Å². The second kappa shape index (κ2) is 17.0. The first kappa shape index (κ1) is 23.9. The van der Waals surface area contributed by atoms with Crippen LogP contribution in [0.3, 0.4) is 0 Å². The fourth-order valence-corrected chi connectivity index (χ4v) is 1.60. The van der Waals surface area contributed by atoms with E-state index in [2.05, 4.69) is 24.0 Å². The van der Waals surface area contributed by atoms with Crippen LogP contribution in [0.1, 0.15) is 20.8 Å². The molecule has 2 nitrogen and oxygen atoms in total. The molecule has 0 bridgehead atoms. The maximum atomic E-state index is 5.81. The van der Waals surface area contributed by atoms with Crippen LogP contribution in [0.4, 0.5) is 0 Å². The van der Waals surface area contributed by atoms with Gasteiger partial charge in [0.2, 0.25) is 0 Å². The van der Waals surface area contributed by atoms with Gasteiger partial charge >= 0.3 is 0 Å². The molecule has 0 spiro atoms. The van der Waals surface area contributed by atoms with E-state index in [0.29, 0.717) is 16.9 Å². The Morgan fingerprint density at radius 1 is 1.30 bits per heavy atom. The summed E-state index contributed by atoms with van der Waals surface area (Å²) in [5.41, 5.74) is 1.66. The molecule has 0 aromatic carbocycles. The number of rotatable bonds is 4. The third kappa shape index (κ3) is 12.8. The second-order valence-electron chi connectivity index (χ2n) is 3.84. The topological polar surface area (TPSA) is 15.6 Å². The van der Waals surface area contributed by atoms with Gasteiger partial charge in [-0.25, -0.2) is 5.01 Å². The number of hydrogen-bond donors (Lipinski definition) is 0. The highest BCUT2D eigenvalue weighted by Crippen LogP contribution is 2.19. The van der Waals surface area contributed by atoms with Crippen LogP contribution < -0.4 is 0 Å². The average Bonchev–Trinajstić information content (AvgIpc) is 2.53. The summed E-state index contributed by atoms with van der Waals surface area (Å²) in [6.45, 7) is 9.39. The fraction of sp³-hybridized carbons (Fsp3) is 0.278. The molecule has 0 amide bonds. The molecule has 0 saturated carbocycles. The lowest BCUT2D eigenvalue weighted by Gasteiger charge is -2.22. The van der Waals surface area contributed by atoms with E-state index in [-0.39, 0.29) is 0 Å². The maximum absolute atomic E-state index is 5.81. The molecule has 0 aromatic heterocycles. The van der Waals surface area contributed by atoms with Crippen LogP contribution >= 0.6 is 34.8 Å². The van der Waals surface area contributed by atoms with Crippen molar-refractivity contribution in [2.75, 3.05) is 11.8 Å². The number of halogens is 3. The number of hydrazone groups is 1. The Hall–Kier alpha value is -1.40. The predicted molar refractivity (Wildman–Crippen MR) is 107 cm³/mol. The number of nitrogens with zero attached hydrogens (tertiary/aromatic N) is 2. The zero-order chi connectivity index (χ0) is 18.1. The monoisotopic (exact) mass is 372 g/mol. The summed E-state index contributed by atoms with van der Waals surface area (Å²) >= 11 is 16.6. The molecular formula is C18H23Cl3N2. The molecule has 0 N–H and O–H groups in total. The van der Waals surface area contributed by atoms with Gasteiger partial charge in [0.05, 0.1) is 11.4 Å². The molecule has 0 radical (unpaired) electrons. The zero-order valence-electron chi connectivity index (χ0n) is 13.8. The van der Waals surface area contributed by atoms with E-state index in [1.165, 1.54) is 0 Å². The van der Waals surface area contributed by atoms with E-state index >= 15 is 0 Å². The van der Waals surface area contributed by atoms with Gasteiger partial charge in [0.25, 0.3) is 0 Å². The van der Waals surface area contributed by atoms with Crippen LogP contribution in [-0.2, 0) is 0 Å². The van der Waals surface area contributed by atoms with Crippen molar-refractivity contribution in [2.24, 2.45) is 5.10 Å². The number of hydrogen-bond acceptors (Lipinski definition) is 2. The highest BCUT2D eigenvalue weighted by atomic mass is 35.5. The van der Waals surface area contributed by atoms with Crippen molar-refractivity contribution in [1.82, 2.24) is 5.01 Å². The molecular weight excluding hydrogens is 351 g/mol.